The van der Waals surface area contributed by atoms with E-state index in [1.165, 1.54) is 35.6 Å². The van der Waals surface area contributed by atoms with Crippen molar-refractivity contribution in [2.75, 3.05) is 19.8 Å². The number of nitrogens with zero attached hydrogens (tertiary/aromatic N) is 3. The van der Waals surface area contributed by atoms with Crippen LogP contribution in [0.1, 0.15) is 49.9 Å². The van der Waals surface area contributed by atoms with Gasteiger partial charge in [0.05, 0.1) is 26.7 Å². The van der Waals surface area contributed by atoms with Gasteiger partial charge in [-0.05, 0) is 62.6 Å². The molecule has 0 aliphatic carbocycles. The highest BCUT2D eigenvalue weighted by molar-refractivity contribution is 7.89. The van der Waals surface area contributed by atoms with Crippen molar-refractivity contribution in [1.82, 2.24) is 8.87 Å². The Bertz CT molecular complexity index is 1420. The molecule has 1 unspecified atom stereocenters. The smallest absolute Gasteiger partial charge is 0.279 e. The predicted molar refractivity (Wildman–Crippen MR) is 144 cm³/mol. The lowest BCUT2D eigenvalue weighted by molar-refractivity contribution is 0.0996. The number of fused-ring (bicyclic) bond motifs is 1. The predicted octanol–water partition coefficient (Wildman–Crippen LogP) is 5.74. The van der Waals surface area contributed by atoms with Gasteiger partial charge in [0.2, 0.25) is 10.0 Å². The number of thiazole rings is 1. The summed E-state index contributed by atoms with van der Waals surface area (Å²) < 4.78 is 36.2. The number of halogens is 2. The molecule has 1 saturated heterocycles. The summed E-state index contributed by atoms with van der Waals surface area (Å²) >= 11 is 14.0. The van der Waals surface area contributed by atoms with Crippen LogP contribution in [-0.2, 0) is 21.3 Å². The van der Waals surface area contributed by atoms with Crippen molar-refractivity contribution in [3.63, 3.8) is 0 Å². The maximum atomic E-state index is 13.2. The number of ether oxygens (including phenoxy) is 1. The van der Waals surface area contributed by atoms with E-state index in [9.17, 15) is 13.2 Å². The molecule has 0 N–H and O–H groups in total. The Morgan fingerprint density at radius 1 is 1.17 bits per heavy atom. The van der Waals surface area contributed by atoms with E-state index in [-0.39, 0.29) is 10.9 Å². The third-order valence-electron chi connectivity index (χ3n) is 6.31. The lowest BCUT2D eigenvalue weighted by Gasteiger charge is -2.34. The molecule has 1 aliphatic heterocycles. The van der Waals surface area contributed by atoms with E-state index in [4.69, 9.17) is 27.9 Å². The van der Waals surface area contributed by atoms with Crippen molar-refractivity contribution in [3.05, 3.63) is 56.8 Å². The second-order valence-electron chi connectivity index (χ2n) is 8.58. The van der Waals surface area contributed by atoms with Gasteiger partial charge < -0.3 is 9.30 Å². The summed E-state index contributed by atoms with van der Waals surface area (Å²) in [7, 11) is -3.62. The number of aromatic nitrogens is 1. The highest BCUT2D eigenvalue weighted by atomic mass is 35.5. The summed E-state index contributed by atoms with van der Waals surface area (Å²) in [6.45, 7) is 5.92. The normalized spacial score (nSPS) is 17.7. The van der Waals surface area contributed by atoms with Crippen molar-refractivity contribution in [3.8, 4) is 0 Å². The van der Waals surface area contributed by atoms with Gasteiger partial charge in [0, 0.05) is 36.3 Å². The highest BCUT2D eigenvalue weighted by Gasteiger charge is 2.32. The first-order valence-corrected chi connectivity index (χ1v) is 15.0. The summed E-state index contributed by atoms with van der Waals surface area (Å²) in [6, 6.07) is 9.48. The minimum absolute atomic E-state index is 0.0143. The van der Waals surface area contributed by atoms with Gasteiger partial charge in [-0.1, -0.05) is 47.9 Å². The quantitative estimate of drug-likeness (QED) is 0.324. The van der Waals surface area contributed by atoms with Crippen LogP contribution < -0.4 is 4.80 Å². The molecule has 3 aromatic rings. The molecule has 0 spiro atoms. The summed E-state index contributed by atoms with van der Waals surface area (Å²) in [4.78, 5) is 18.1. The van der Waals surface area contributed by atoms with Crippen LogP contribution in [0.2, 0.25) is 10.0 Å². The number of rotatable bonds is 8. The van der Waals surface area contributed by atoms with Gasteiger partial charge >= 0.3 is 0 Å². The molecule has 1 amide bonds. The minimum atomic E-state index is -3.62. The third kappa shape index (κ3) is 5.71. The molecule has 194 valence electrons. The topological polar surface area (TPSA) is 81.0 Å². The third-order valence-corrected chi connectivity index (χ3v) is 9.81. The Labute approximate surface area is 225 Å². The molecule has 1 aliphatic rings. The maximum absolute atomic E-state index is 13.2. The zero-order chi connectivity index (χ0) is 25.9. The summed E-state index contributed by atoms with van der Waals surface area (Å²) in [5, 5.41) is 0.969. The Balaban J connectivity index is 1.66. The Morgan fingerprint density at radius 3 is 2.61 bits per heavy atom. The van der Waals surface area contributed by atoms with E-state index in [0.717, 1.165) is 35.9 Å². The van der Waals surface area contributed by atoms with Gasteiger partial charge in [0.15, 0.2) is 4.80 Å². The number of sulfonamides is 1. The van der Waals surface area contributed by atoms with Crippen LogP contribution >= 0.6 is 34.5 Å². The van der Waals surface area contributed by atoms with Gasteiger partial charge in [-0.3, -0.25) is 4.79 Å². The van der Waals surface area contributed by atoms with E-state index >= 15 is 0 Å². The van der Waals surface area contributed by atoms with Gasteiger partial charge in [-0.2, -0.15) is 9.30 Å². The zero-order valence-electron chi connectivity index (χ0n) is 20.2. The summed E-state index contributed by atoms with van der Waals surface area (Å²) in [5.41, 5.74) is 1.04. The fourth-order valence-corrected chi connectivity index (χ4v) is 8.08. The second-order valence-corrected chi connectivity index (χ2v) is 12.3. The van der Waals surface area contributed by atoms with Crippen LogP contribution in [0.3, 0.4) is 0 Å². The number of hydrogen-bond donors (Lipinski definition) is 0. The van der Waals surface area contributed by atoms with E-state index in [1.54, 1.807) is 16.4 Å². The van der Waals surface area contributed by atoms with E-state index in [1.807, 2.05) is 18.4 Å². The van der Waals surface area contributed by atoms with Gasteiger partial charge in [-0.25, -0.2) is 8.42 Å². The van der Waals surface area contributed by atoms with Crippen LogP contribution in [0.15, 0.2) is 46.3 Å². The average Bonchev–Trinajstić information content (AvgIpc) is 3.21. The van der Waals surface area contributed by atoms with Crippen molar-refractivity contribution < 1.29 is 17.9 Å². The number of amides is 1. The maximum Gasteiger partial charge on any atom is 0.279 e. The Morgan fingerprint density at radius 2 is 1.92 bits per heavy atom. The number of hydrogen-bond acceptors (Lipinski definition) is 5. The first-order chi connectivity index (χ1) is 17.3. The number of benzene rings is 2. The molecule has 2 heterocycles. The fraction of sp³-hybridized carbons (Fsp3) is 0.440. The molecule has 0 bridgehead atoms. The molecule has 1 aromatic heterocycles. The van der Waals surface area contributed by atoms with Gasteiger partial charge in [0.25, 0.3) is 5.91 Å². The van der Waals surface area contributed by atoms with E-state index in [0.29, 0.717) is 46.7 Å². The fourth-order valence-electron chi connectivity index (χ4n) is 4.48. The molecule has 1 atom stereocenters. The van der Waals surface area contributed by atoms with Crippen molar-refractivity contribution in [2.24, 2.45) is 4.99 Å². The van der Waals surface area contributed by atoms with Gasteiger partial charge in [0.1, 0.15) is 0 Å². The van der Waals surface area contributed by atoms with Crippen LogP contribution in [-0.4, -0.2) is 49.0 Å². The van der Waals surface area contributed by atoms with Crippen LogP contribution in [0, 0.1) is 0 Å². The average molecular weight is 571 g/mol. The lowest BCUT2D eigenvalue weighted by atomic mass is 10.0. The zero-order valence-corrected chi connectivity index (χ0v) is 23.4. The monoisotopic (exact) mass is 569 g/mol. The summed E-state index contributed by atoms with van der Waals surface area (Å²) in [6.07, 6.45) is 3.55. The number of carbonyl (C=O) groups excluding carboxylic acids is 1. The van der Waals surface area contributed by atoms with Crippen molar-refractivity contribution >= 4 is 60.7 Å². The second kappa shape index (κ2) is 11.8. The largest absolute Gasteiger partial charge is 0.380 e. The number of piperidine rings is 1. The molecular weight excluding hydrogens is 541 g/mol. The molecular formula is C25H29Cl2N3O4S2. The molecule has 0 radical (unpaired) electrons. The Hall–Kier alpha value is -1.75. The first kappa shape index (κ1) is 27.3. The lowest BCUT2D eigenvalue weighted by Crippen LogP contribution is -2.43. The van der Waals surface area contributed by atoms with Crippen molar-refractivity contribution in [2.45, 2.75) is 57.0 Å². The number of carbonyl (C=O) groups is 1. The molecule has 0 saturated carbocycles. The van der Waals surface area contributed by atoms with Crippen LogP contribution in [0.25, 0.3) is 10.2 Å². The minimum Gasteiger partial charge on any atom is -0.380 e. The SMILES string of the molecule is CCOCCn1c(=NC(=O)c2ccc(S(=O)(=O)N3CCCCC3CC)cc2)sc2cc(Cl)cc(Cl)c21. The molecule has 2 aromatic carbocycles. The standard InChI is InChI=1S/C25H29Cl2N3O4S2/c1-3-19-7-5-6-12-30(19)36(32,33)20-10-8-17(9-11-20)24(31)28-25-29(13-14-34-4-2)23-21(27)15-18(26)16-22(23)35-25/h8-11,15-16,19H,3-7,12-14H2,1-2H3. The molecule has 7 nitrogen and oxygen atoms in total. The first-order valence-electron chi connectivity index (χ1n) is 12.0. The van der Waals surface area contributed by atoms with Gasteiger partial charge in [-0.15, -0.1) is 0 Å². The molecule has 11 heteroatoms. The molecule has 4 rings (SSSR count). The molecule has 1 fully saturated rings. The molecule has 36 heavy (non-hydrogen) atoms. The highest BCUT2D eigenvalue weighted by Crippen LogP contribution is 2.30. The van der Waals surface area contributed by atoms with E-state index in [2.05, 4.69) is 4.99 Å². The van der Waals surface area contributed by atoms with Crippen LogP contribution in [0.5, 0.6) is 0 Å². The van der Waals surface area contributed by atoms with Crippen LogP contribution in [0.4, 0.5) is 0 Å². The van der Waals surface area contributed by atoms with Crippen molar-refractivity contribution in [1.29, 1.82) is 0 Å². The summed E-state index contributed by atoms with van der Waals surface area (Å²) in [5.74, 6) is -0.470. The Kier molecular flexibility index (Phi) is 8.91. The van der Waals surface area contributed by atoms with E-state index < -0.39 is 15.9 Å².